The normalized spacial score (nSPS) is 8.18. The summed E-state index contributed by atoms with van der Waals surface area (Å²) in [4.78, 5) is 10.6. The molecule has 0 N–H and O–H groups in total. The molecular formula is C9H13O2. The van der Waals surface area contributed by atoms with E-state index in [9.17, 15) is 4.79 Å². The zero-order chi connectivity index (χ0) is 8.53. The van der Waals surface area contributed by atoms with E-state index in [0.717, 1.165) is 12.8 Å². The Kier molecular flexibility index (Phi) is 6.51. The van der Waals surface area contributed by atoms with Crippen molar-refractivity contribution in [2.75, 3.05) is 7.11 Å². The van der Waals surface area contributed by atoms with Crippen molar-refractivity contribution in [2.45, 2.75) is 25.7 Å². The molecule has 0 saturated carbocycles. The van der Waals surface area contributed by atoms with E-state index in [1.165, 1.54) is 7.11 Å². The number of ether oxygens (including phenoxy) is 1. The number of esters is 1. The summed E-state index contributed by atoms with van der Waals surface area (Å²) in [5.74, 6) is 5.56. The van der Waals surface area contributed by atoms with E-state index in [4.69, 9.17) is 0 Å². The number of unbranched alkanes of at least 4 members (excludes halogenated alkanes) is 1. The number of carbonyl (C=O) groups excluding carboxylic acids is 1. The Bertz CT molecular complexity index is 162. The van der Waals surface area contributed by atoms with E-state index in [-0.39, 0.29) is 5.97 Å². The molecule has 0 aliphatic rings. The van der Waals surface area contributed by atoms with E-state index < -0.39 is 0 Å². The van der Waals surface area contributed by atoms with Gasteiger partial charge in [0.2, 0.25) is 0 Å². The van der Waals surface area contributed by atoms with Crippen LogP contribution in [0.5, 0.6) is 0 Å². The molecule has 0 aromatic rings. The Balaban J connectivity index is 3.21. The Morgan fingerprint density at radius 2 is 2.27 bits per heavy atom. The first kappa shape index (κ1) is 10.0. The second-order valence-electron chi connectivity index (χ2n) is 2.03. The summed E-state index contributed by atoms with van der Waals surface area (Å²) in [6.07, 6.45) is 2.63. The molecule has 2 nitrogen and oxygen atoms in total. The van der Waals surface area contributed by atoms with Gasteiger partial charge in [0.05, 0.1) is 7.11 Å². The molecule has 0 amide bonds. The lowest BCUT2D eigenvalue weighted by molar-refractivity contribution is -0.140. The van der Waals surface area contributed by atoms with Crippen LogP contribution >= 0.6 is 0 Å². The maximum Gasteiger partial charge on any atom is 0.305 e. The third kappa shape index (κ3) is 6.92. The Hall–Kier alpha value is -0.970. The maximum absolute atomic E-state index is 10.6. The maximum atomic E-state index is 10.6. The zero-order valence-electron chi connectivity index (χ0n) is 6.85. The summed E-state index contributed by atoms with van der Waals surface area (Å²) in [5, 5.41) is 0. The predicted octanol–water partition coefficient (Wildman–Crippen LogP) is 1.56. The summed E-state index contributed by atoms with van der Waals surface area (Å²) in [7, 11) is 1.39. The van der Waals surface area contributed by atoms with Crippen molar-refractivity contribution in [1.82, 2.24) is 0 Å². The quantitative estimate of drug-likeness (QED) is 0.349. The van der Waals surface area contributed by atoms with Crippen LogP contribution in [0, 0.1) is 18.8 Å². The molecule has 0 bridgehead atoms. The molecule has 0 aromatic heterocycles. The van der Waals surface area contributed by atoms with E-state index in [1.807, 2.05) is 0 Å². The summed E-state index contributed by atoms with van der Waals surface area (Å²) in [6, 6.07) is 0. The molecule has 11 heavy (non-hydrogen) atoms. The first-order valence-electron chi connectivity index (χ1n) is 3.63. The van der Waals surface area contributed by atoms with Crippen LogP contribution in [0.3, 0.4) is 0 Å². The number of methoxy groups -OCH3 is 1. The molecule has 0 heterocycles. The highest BCUT2D eigenvalue weighted by molar-refractivity contribution is 5.69. The van der Waals surface area contributed by atoms with Gasteiger partial charge in [0.25, 0.3) is 0 Å². The van der Waals surface area contributed by atoms with Crippen LogP contribution in [-0.2, 0) is 9.53 Å². The van der Waals surface area contributed by atoms with Gasteiger partial charge in [0.1, 0.15) is 0 Å². The van der Waals surface area contributed by atoms with Gasteiger partial charge in [-0.3, -0.25) is 4.79 Å². The summed E-state index contributed by atoms with van der Waals surface area (Å²) in [5.41, 5.74) is 0. The fourth-order valence-electron chi connectivity index (χ4n) is 0.600. The van der Waals surface area contributed by atoms with Crippen molar-refractivity contribution < 1.29 is 9.53 Å². The van der Waals surface area contributed by atoms with Gasteiger partial charge in [-0.25, -0.2) is 0 Å². The zero-order valence-corrected chi connectivity index (χ0v) is 6.85. The van der Waals surface area contributed by atoms with Gasteiger partial charge in [-0.1, -0.05) is 0 Å². The van der Waals surface area contributed by atoms with Crippen molar-refractivity contribution in [3.05, 3.63) is 6.92 Å². The monoisotopic (exact) mass is 153 g/mol. The van der Waals surface area contributed by atoms with Crippen LogP contribution in [0.4, 0.5) is 0 Å². The fourth-order valence-corrected chi connectivity index (χ4v) is 0.600. The summed E-state index contributed by atoms with van der Waals surface area (Å²) in [6.45, 7) is 3.57. The average molecular weight is 153 g/mol. The molecule has 0 aliphatic heterocycles. The molecular weight excluding hydrogens is 140 g/mol. The van der Waals surface area contributed by atoms with Crippen LogP contribution in [0.1, 0.15) is 25.7 Å². The lowest BCUT2D eigenvalue weighted by Crippen LogP contribution is -1.98. The van der Waals surface area contributed by atoms with Crippen molar-refractivity contribution in [3.63, 3.8) is 0 Å². The SMILES string of the molecule is [CH2]CC#CCCCC(=O)OC. The van der Waals surface area contributed by atoms with Gasteiger partial charge >= 0.3 is 5.97 Å². The number of hydrogen-bond donors (Lipinski definition) is 0. The molecule has 61 valence electrons. The van der Waals surface area contributed by atoms with Gasteiger partial charge in [-0.05, 0) is 13.3 Å². The minimum absolute atomic E-state index is 0.165. The predicted molar refractivity (Wildman–Crippen MR) is 43.6 cm³/mol. The van der Waals surface area contributed by atoms with Gasteiger partial charge in [0, 0.05) is 19.3 Å². The molecule has 0 saturated heterocycles. The molecule has 0 unspecified atom stereocenters. The Labute approximate surface area is 67.9 Å². The lowest BCUT2D eigenvalue weighted by atomic mass is 10.2. The molecule has 2 heteroatoms. The van der Waals surface area contributed by atoms with Crippen molar-refractivity contribution in [3.8, 4) is 11.8 Å². The second-order valence-corrected chi connectivity index (χ2v) is 2.03. The third-order valence-electron chi connectivity index (χ3n) is 1.16. The van der Waals surface area contributed by atoms with Gasteiger partial charge in [-0.15, -0.1) is 11.8 Å². The van der Waals surface area contributed by atoms with Gasteiger partial charge in [0.15, 0.2) is 0 Å². The van der Waals surface area contributed by atoms with Gasteiger partial charge in [-0.2, -0.15) is 0 Å². The molecule has 0 rings (SSSR count). The summed E-state index contributed by atoms with van der Waals surface area (Å²) >= 11 is 0. The number of rotatable bonds is 3. The minimum Gasteiger partial charge on any atom is -0.469 e. The smallest absolute Gasteiger partial charge is 0.305 e. The van der Waals surface area contributed by atoms with Crippen LogP contribution in [-0.4, -0.2) is 13.1 Å². The molecule has 0 atom stereocenters. The molecule has 1 radical (unpaired) electrons. The Morgan fingerprint density at radius 1 is 1.55 bits per heavy atom. The van der Waals surface area contributed by atoms with E-state index in [0.29, 0.717) is 12.8 Å². The highest BCUT2D eigenvalue weighted by Crippen LogP contribution is 1.95. The average Bonchev–Trinajstić information content (AvgIpc) is 2.04. The van der Waals surface area contributed by atoms with Crippen LogP contribution in [0.25, 0.3) is 0 Å². The Morgan fingerprint density at radius 3 is 2.82 bits per heavy atom. The van der Waals surface area contributed by atoms with E-state index in [2.05, 4.69) is 23.5 Å². The van der Waals surface area contributed by atoms with Gasteiger partial charge < -0.3 is 4.74 Å². The molecule has 0 aliphatic carbocycles. The van der Waals surface area contributed by atoms with Crippen LogP contribution in [0.2, 0.25) is 0 Å². The van der Waals surface area contributed by atoms with Crippen molar-refractivity contribution >= 4 is 5.97 Å². The minimum atomic E-state index is -0.165. The van der Waals surface area contributed by atoms with Crippen LogP contribution in [0.15, 0.2) is 0 Å². The van der Waals surface area contributed by atoms with Crippen molar-refractivity contribution in [2.24, 2.45) is 0 Å². The second kappa shape index (κ2) is 7.14. The topological polar surface area (TPSA) is 26.3 Å². The van der Waals surface area contributed by atoms with Crippen LogP contribution < -0.4 is 0 Å². The summed E-state index contributed by atoms with van der Waals surface area (Å²) < 4.78 is 4.46. The fraction of sp³-hybridized carbons (Fsp3) is 0.556. The molecule has 0 spiro atoms. The van der Waals surface area contributed by atoms with E-state index in [1.54, 1.807) is 0 Å². The number of carbonyl (C=O) groups is 1. The first-order valence-corrected chi connectivity index (χ1v) is 3.63. The standard InChI is InChI=1S/C9H13O2/c1-3-4-5-6-7-8-9(10)11-2/h1,3,6-8H2,2H3. The highest BCUT2D eigenvalue weighted by Gasteiger charge is 1.96. The van der Waals surface area contributed by atoms with Crippen molar-refractivity contribution in [1.29, 1.82) is 0 Å². The first-order chi connectivity index (χ1) is 5.31. The number of hydrogen-bond acceptors (Lipinski definition) is 2. The molecule has 0 fully saturated rings. The molecule has 0 aromatic carbocycles. The van der Waals surface area contributed by atoms with E-state index >= 15 is 0 Å². The highest BCUT2D eigenvalue weighted by atomic mass is 16.5. The largest absolute Gasteiger partial charge is 0.469 e. The lowest BCUT2D eigenvalue weighted by Gasteiger charge is -1.93. The third-order valence-corrected chi connectivity index (χ3v) is 1.16.